The van der Waals surface area contributed by atoms with Gasteiger partial charge in [-0.3, -0.25) is 9.59 Å². The van der Waals surface area contributed by atoms with Gasteiger partial charge in [0.15, 0.2) is 0 Å². The molecule has 0 spiro atoms. The quantitative estimate of drug-likeness (QED) is 0.302. The Bertz CT molecular complexity index is 329. The molecule has 2 amide bonds. The summed E-state index contributed by atoms with van der Waals surface area (Å²) in [5.74, 6) is -0.00921. The second-order valence-electron chi connectivity index (χ2n) is 7.59. The van der Waals surface area contributed by atoms with Gasteiger partial charge in [0.2, 0.25) is 11.8 Å². The minimum Gasteiger partial charge on any atom is -0.370 e. The van der Waals surface area contributed by atoms with Gasteiger partial charge in [-0.15, -0.1) is 0 Å². The highest BCUT2D eigenvalue weighted by Crippen LogP contribution is 2.11. The fourth-order valence-electron chi connectivity index (χ4n) is 3.26. The molecule has 0 saturated carbocycles. The normalized spacial score (nSPS) is 10.8. The van der Waals surface area contributed by atoms with Crippen LogP contribution in [0.5, 0.6) is 0 Å². The largest absolute Gasteiger partial charge is 0.370 e. The molecule has 0 aromatic rings. The van der Waals surface area contributed by atoms with Crippen molar-refractivity contribution in [2.24, 2.45) is 5.73 Å². The van der Waals surface area contributed by atoms with Gasteiger partial charge < -0.3 is 10.6 Å². The number of hydrogen-bond donors (Lipinski definition) is 1. The Balaban J connectivity index is 4.07. The van der Waals surface area contributed by atoms with Crippen LogP contribution in [0.4, 0.5) is 0 Å². The smallest absolute Gasteiger partial charge is 0.222 e. The van der Waals surface area contributed by atoms with E-state index in [4.69, 9.17) is 5.73 Å². The Morgan fingerprint density at radius 2 is 1.04 bits per heavy atom. The standard InChI is InChI=1S/C22H44N2O2/c1-3-5-7-9-11-15-19-24(20-16-12-10-8-6-4-2)22(26)18-14-13-17-21(23)25/h3-20H2,1-2H3,(H2,23,25). The maximum atomic E-state index is 12.5. The summed E-state index contributed by atoms with van der Waals surface area (Å²) in [7, 11) is 0. The molecular weight excluding hydrogens is 324 g/mol. The number of carbonyl (C=O) groups is 2. The predicted octanol–water partition coefficient (Wildman–Crippen LogP) is 5.58. The molecule has 4 heteroatoms. The third kappa shape index (κ3) is 16.4. The van der Waals surface area contributed by atoms with Gasteiger partial charge in [-0.05, 0) is 25.7 Å². The monoisotopic (exact) mass is 368 g/mol. The van der Waals surface area contributed by atoms with Crippen molar-refractivity contribution in [3.05, 3.63) is 0 Å². The van der Waals surface area contributed by atoms with Crippen LogP contribution in [0, 0.1) is 0 Å². The zero-order chi connectivity index (χ0) is 19.5. The zero-order valence-corrected chi connectivity index (χ0v) is 17.6. The first-order chi connectivity index (χ1) is 12.6. The Hall–Kier alpha value is -1.06. The number of hydrogen-bond acceptors (Lipinski definition) is 2. The van der Waals surface area contributed by atoms with E-state index in [2.05, 4.69) is 18.7 Å². The van der Waals surface area contributed by atoms with Crippen molar-refractivity contribution in [3.8, 4) is 0 Å². The molecule has 0 fully saturated rings. The summed E-state index contributed by atoms with van der Waals surface area (Å²) in [6.07, 6.45) is 17.5. The lowest BCUT2D eigenvalue weighted by Crippen LogP contribution is -2.32. The first-order valence-electron chi connectivity index (χ1n) is 11.2. The first-order valence-corrected chi connectivity index (χ1v) is 11.2. The molecule has 0 unspecified atom stereocenters. The highest BCUT2D eigenvalue weighted by molar-refractivity contribution is 5.76. The van der Waals surface area contributed by atoms with Gasteiger partial charge in [-0.2, -0.15) is 0 Å². The zero-order valence-electron chi connectivity index (χ0n) is 17.6. The van der Waals surface area contributed by atoms with Crippen LogP contribution in [0.15, 0.2) is 0 Å². The van der Waals surface area contributed by atoms with Crippen LogP contribution in [0.1, 0.15) is 117 Å². The number of primary amides is 1. The van der Waals surface area contributed by atoms with Crippen LogP contribution in [0.3, 0.4) is 0 Å². The molecule has 0 heterocycles. The van der Waals surface area contributed by atoms with E-state index >= 15 is 0 Å². The highest BCUT2D eigenvalue weighted by Gasteiger charge is 2.12. The molecule has 0 aromatic carbocycles. The second kappa shape index (κ2) is 18.7. The number of unbranched alkanes of at least 4 members (excludes halogenated alkanes) is 11. The van der Waals surface area contributed by atoms with E-state index in [9.17, 15) is 9.59 Å². The van der Waals surface area contributed by atoms with E-state index in [1.807, 2.05) is 0 Å². The van der Waals surface area contributed by atoms with E-state index < -0.39 is 0 Å². The van der Waals surface area contributed by atoms with Crippen LogP contribution in [-0.2, 0) is 9.59 Å². The van der Waals surface area contributed by atoms with E-state index in [1.165, 1.54) is 64.2 Å². The van der Waals surface area contributed by atoms with Crippen molar-refractivity contribution in [1.82, 2.24) is 4.90 Å². The van der Waals surface area contributed by atoms with Crippen LogP contribution >= 0.6 is 0 Å². The van der Waals surface area contributed by atoms with Crippen molar-refractivity contribution in [3.63, 3.8) is 0 Å². The summed E-state index contributed by atoms with van der Waals surface area (Å²) in [5.41, 5.74) is 5.17. The average Bonchev–Trinajstić information content (AvgIpc) is 2.62. The summed E-state index contributed by atoms with van der Waals surface area (Å²) in [4.78, 5) is 25.4. The number of carbonyl (C=O) groups excluding carboxylic acids is 2. The van der Waals surface area contributed by atoms with Gasteiger partial charge in [-0.25, -0.2) is 0 Å². The van der Waals surface area contributed by atoms with Crippen LogP contribution in [-0.4, -0.2) is 29.8 Å². The lowest BCUT2D eigenvalue weighted by atomic mass is 10.1. The molecule has 0 atom stereocenters. The Labute approximate surface area is 162 Å². The molecule has 4 nitrogen and oxygen atoms in total. The molecule has 0 aliphatic heterocycles. The molecule has 0 aliphatic carbocycles. The van der Waals surface area contributed by atoms with Crippen molar-refractivity contribution in [2.75, 3.05) is 13.1 Å². The lowest BCUT2D eigenvalue weighted by Gasteiger charge is -2.23. The molecule has 0 aromatic heterocycles. The molecule has 0 rings (SSSR count). The maximum Gasteiger partial charge on any atom is 0.222 e. The van der Waals surface area contributed by atoms with Crippen molar-refractivity contribution >= 4 is 11.8 Å². The molecule has 154 valence electrons. The summed E-state index contributed by atoms with van der Waals surface area (Å²) in [5, 5.41) is 0. The average molecular weight is 369 g/mol. The van der Waals surface area contributed by atoms with E-state index in [0.29, 0.717) is 12.8 Å². The van der Waals surface area contributed by atoms with E-state index in [0.717, 1.165) is 38.8 Å². The van der Waals surface area contributed by atoms with Gasteiger partial charge in [0.1, 0.15) is 0 Å². The summed E-state index contributed by atoms with van der Waals surface area (Å²) in [6.45, 7) is 6.27. The molecule has 26 heavy (non-hydrogen) atoms. The molecule has 2 N–H and O–H groups in total. The van der Waals surface area contributed by atoms with Crippen molar-refractivity contribution in [1.29, 1.82) is 0 Å². The van der Waals surface area contributed by atoms with Gasteiger partial charge >= 0.3 is 0 Å². The Kier molecular flexibility index (Phi) is 18.0. The fraction of sp³-hybridized carbons (Fsp3) is 0.909. The molecule has 0 bridgehead atoms. The van der Waals surface area contributed by atoms with Gasteiger partial charge in [0.05, 0.1) is 0 Å². The van der Waals surface area contributed by atoms with E-state index in [-0.39, 0.29) is 11.8 Å². The van der Waals surface area contributed by atoms with Crippen molar-refractivity contribution < 1.29 is 9.59 Å². The summed E-state index contributed by atoms with van der Waals surface area (Å²) < 4.78 is 0. The van der Waals surface area contributed by atoms with Crippen LogP contribution in [0.2, 0.25) is 0 Å². The minimum atomic E-state index is -0.270. The summed E-state index contributed by atoms with van der Waals surface area (Å²) >= 11 is 0. The predicted molar refractivity (Wildman–Crippen MR) is 111 cm³/mol. The number of nitrogens with two attached hydrogens (primary N) is 1. The number of amides is 2. The molecule has 0 saturated heterocycles. The van der Waals surface area contributed by atoms with Gasteiger partial charge in [0, 0.05) is 25.9 Å². The van der Waals surface area contributed by atoms with Crippen molar-refractivity contribution in [2.45, 2.75) is 117 Å². The fourth-order valence-corrected chi connectivity index (χ4v) is 3.26. The second-order valence-corrected chi connectivity index (χ2v) is 7.59. The Morgan fingerprint density at radius 3 is 1.50 bits per heavy atom. The minimum absolute atomic E-state index is 0.261. The number of rotatable bonds is 19. The first kappa shape index (κ1) is 24.9. The van der Waals surface area contributed by atoms with Crippen LogP contribution < -0.4 is 5.73 Å². The molecular formula is C22H44N2O2. The third-order valence-corrected chi connectivity index (χ3v) is 4.98. The highest BCUT2D eigenvalue weighted by atomic mass is 16.2. The van der Waals surface area contributed by atoms with Crippen LogP contribution in [0.25, 0.3) is 0 Å². The number of nitrogens with zero attached hydrogens (tertiary/aromatic N) is 1. The SMILES string of the molecule is CCCCCCCCN(CCCCCCCC)C(=O)CCCCC(N)=O. The maximum absolute atomic E-state index is 12.5. The summed E-state index contributed by atoms with van der Waals surface area (Å²) in [6, 6.07) is 0. The van der Waals surface area contributed by atoms with Gasteiger partial charge in [0.25, 0.3) is 0 Å². The van der Waals surface area contributed by atoms with Gasteiger partial charge in [-0.1, -0.05) is 78.1 Å². The molecule has 0 aliphatic rings. The topological polar surface area (TPSA) is 63.4 Å². The van der Waals surface area contributed by atoms with E-state index in [1.54, 1.807) is 0 Å². The molecule has 0 radical (unpaired) electrons. The third-order valence-electron chi connectivity index (χ3n) is 4.98. The lowest BCUT2D eigenvalue weighted by molar-refractivity contribution is -0.131. The Morgan fingerprint density at radius 1 is 0.615 bits per heavy atom.